The Kier molecular flexibility index (Phi) is 5.26. The largest absolute Gasteiger partial charge is 0.456 e. The molecule has 2 aromatic heterocycles. The maximum Gasteiger partial charge on any atom is 0.339 e. The summed E-state index contributed by atoms with van der Waals surface area (Å²) in [5, 5.41) is 0. The number of carbonyl (C=O) groups is 1. The van der Waals surface area contributed by atoms with Crippen LogP contribution < -0.4 is 5.56 Å². The number of carbonyl (C=O) groups excluding carboxylic acids is 1. The van der Waals surface area contributed by atoms with Crippen molar-refractivity contribution in [2.24, 2.45) is 0 Å². The van der Waals surface area contributed by atoms with Crippen LogP contribution in [0.3, 0.4) is 0 Å². The van der Waals surface area contributed by atoms with E-state index in [-0.39, 0.29) is 28.4 Å². The van der Waals surface area contributed by atoms with Gasteiger partial charge in [0, 0.05) is 16.6 Å². The van der Waals surface area contributed by atoms with E-state index in [2.05, 4.69) is 4.98 Å². The Labute approximate surface area is 171 Å². The molecule has 0 atom stereocenters. The van der Waals surface area contributed by atoms with Crippen LogP contribution in [0.4, 0.5) is 0 Å². The number of thiazole rings is 1. The van der Waals surface area contributed by atoms with Gasteiger partial charge in [-0.15, -0.1) is 11.3 Å². The van der Waals surface area contributed by atoms with Crippen molar-refractivity contribution >= 4 is 32.1 Å². The van der Waals surface area contributed by atoms with Crippen molar-refractivity contribution in [3.8, 4) is 0 Å². The molecule has 0 radical (unpaired) electrons. The summed E-state index contributed by atoms with van der Waals surface area (Å²) < 4.78 is 31.4. The normalized spacial score (nSPS) is 14.0. The zero-order valence-electron chi connectivity index (χ0n) is 15.9. The summed E-state index contributed by atoms with van der Waals surface area (Å²) >= 11 is 1.50. The van der Waals surface area contributed by atoms with Gasteiger partial charge in [0.05, 0.1) is 21.9 Å². The molecule has 0 aliphatic heterocycles. The number of esters is 1. The van der Waals surface area contributed by atoms with Crippen LogP contribution in [0.2, 0.25) is 0 Å². The van der Waals surface area contributed by atoms with E-state index in [1.165, 1.54) is 41.3 Å². The van der Waals surface area contributed by atoms with Gasteiger partial charge in [0.15, 0.2) is 14.8 Å². The highest BCUT2D eigenvalue weighted by Gasteiger charge is 2.22. The number of hydrogen-bond donors (Lipinski definition) is 0. The summed E-state index contributed by atoms with van der Waals surface area (Å²) in [5.41, 5.74) is 1.18. The maximum atomic E-state index is 12.6. The van der Waals surface area contributed by atoms with Gasteiger partial charge >= 0.3 is 5.97 Å². The standard InChI is InChI=1S/C20H20N2O5S2/c1-2-29(25,26)17-10-6-3-7-14(17)19(24)27-12-13-11-18(23)22-15-8-4-5-9-16(15)28-20(22)21-13/h3,6-7,10-11H,2,4-5,8-9,12H2,1H3. The van der Waals surface area contributed by atoms with Crippen molar-refractivity contribution in [2.45, 2.75) is 44.1 Å². The third-order valence-corrected chi connectivity index (χ3v) is 7.92. The summed E-state index contributed by atoms with van der Waals surface area (Å²) in [4.78, 5) is 31.3. The average molecular weight is 433 g/mol. The first-order chi connectivity index (χ1) is 13.9. The molecular formula is C20H20N2O5S2. The summed E-state index contributed by atoms with van der Waals surface area (Å²) in [7, 11) is -3.56. The van der Waals surface area contributed by atoms with Crippen molar-refractivity contribution < 1.29 is 17.9 Å². The van der Waals surface area contributed by atoms with Gasteiger partial charge in [0.2, 0.25) is 0 Å². The Morgan fingerprint density at radius 1 is 1.24 bits per heavy atom. The molecule has 1 aromatic carbocycles. The Bertz CT molecular complexity index is 1260. The lowest BCUT2D eigenvalue weighted by Gasteiger charge is -2.10. The minimum absolute atomic E-state index is 0.0151. The number of aryl methyl sites for hydroxylation is 2. The molecular weight excluding hydrogens is 412 g/mol. The highest BCUT2D eigenvalue weighted by atomic mass is 32.2. The topological polar surface area (TPSA) is 94.8 Å². The number of nitrogens with zero attached hydrogens (tertiary/aromatic N) is 2. The number of ether oxygens (including phenoxy) is 1. The van der Waals surface area contributed by atoms with E-state index < -0.39 is 15.8 Å². The van der Waals surface area contributed by atoms with Gasteiger partial charge < -0.3 is 4.74 Å². The number of fused-ring (bicyclic) bond motifs is 3. The van der Waals surface area contributed by atoms with Gasteiger partial charge in [-0.2, -0.15) is 0 Å². The molecule has 2 heterocycles. The second-order valence-corrected chi connectivity index (χ2v) is 10.2. The Hall–Kier alpha value is -2.52. The van der Waals surface area contributed by atoms with Crippen LogP contribution in [0.25, 0.3) is 4.96 Å². The number of aromatic nitrogens is 2. The second-order valence-electron chi connectivity index (χ2n) is 6.86. The highest BCUT2D eigenvalue weighted by molar-refractivity contribution is 7.91. The first-order valence-electron chi connectivity index (χ1n) is 9.43. The summed E-state index contributed by atoms with van der Waals surface area (Å²) in [6, 6.07) is 7.33. The fourth-order valence-corrected chi connectivity index (χ4v) is 5.81. The Balaban J connectivity index is 1.60. The number of sulfone groups is 1. The van der Waals surface area contributed by atoms with Gasteiger partial charge in [-0.3, -0.25) is 9.20 Å². The molecule has 3 aromatic rings. The maximum absolute atomic E-state index is 12.6. The van der Waals surface area contributed by atoms with E-state index in [4.69, 9.17) is 4.74 Å². The lowest BCUT2D eigenvalue weighted by Crippen LogP contribution is -2.19. The summed E-state index contributed by atoms with van der Waals surface area (Å²) in [6.45, 7) is 1.32. The zero-order valence-corrected chi connectivity index (χ0v) is 17.5. The zero-order chi connectivity index (χ0) is 20.6. The fourth-order valence-electron chi connectivity index (χ4n) is 3.49. The van der Waals surface area contributed by atoms with Crippen molar-refractivity contribution in [2.75, 3.05) is 5.75 Å². The van der Waals surface area contributed by atoms with Crippen LogP contribution in [-0.2, 0) is 34.0 Å². The smallest absolute Gasteiger partial charge is 0.339 e. The first-order valence-corrected chi connectivity index (χ1v) is 11.9. The van der Waals surface area contributed by atoms with Crippen LogP contribution in [-0.4, -0.2) is 29.5 Å². The van der Waals surface area contributed by atoms with E-state index in [1.807, 2.05) is 0 Å². The molecule has 29 heavy (non-hydrogen) atoms. The molecule has 0 bridgehead atoms. The SMILES string of the molecule is CCS(=O)(=O)c1ccccc1C(=O)OCc1cc(=O)n2c3c(sc2n1)CCCC3. The van der Waals surface area contributed by atoms with Crippen molar-refractivity contribution in [1.29, 1.82) is 0 Å². The van der Waals surface area contributed by atoms with Gasteiger partial charge in [-0.25, -0.2) is 18.2 Å². The van der Waals surface area contributed by atoms with Gasteiger partial charge in [-0.05, 0) is 37.8 Å². The third kappa shape index (κ3) is 3.72. The molecule has 0 fully saturated rings. The van der Waals surface area contributed by atoms with Crippen molar-refractivity contribution in [1.82, 2.24) is 9.38 Å². The molecule has 0 saturated carbocycles. The minimum Gasteiger partial charge on any atom is -0.456 e. The quantitative estimate of drug-likeness (QED) is 0.576. The second kappa shape index (κ2) is 7.72. The minimum atomic E-state index is -3.56. The molecule has 0 unspecified atom stereocenters. The van der Waals surface area contributed by atoms with E-state index in [0.717, 1.165) is 31.4 Å². The molecule has 9 heteroatoms. The highest BCUT2D eigenvalue weighted by Crippen LogP contribution is 2.28. The predicted molar refractivity (Wildman–Crippen MR) is 109 cm³/mol. The Morgan fingerprint density at radius 2 is 2.00 bits per heavy atom. The van der Waals surface area contributed by atoms with E-state index in [0.29, 0.717) is 10.7 Å². The lowest BCUT2D eigenvalue weighted by atomic mass is 10.0. The third-order valence-electron chi connectivity index (χ3n) is 4.99. The molecule has 152 valence electrons. The molecule has 0 spiro atoms. The molecule has 0 N–H and O–H groups in total. The number of rotatable bonds is 5. The molecule has 4 rings (SSSR count). The lowest BCUT2D eigenvalue weighted by molar-refractivity contribution is 0.0463. The van der Waals surface area contributed by atoms with E-state index >= 15 is 0 Å². The number of hydrogen-bond acceptors (Lipinski definition) is 7. The van der Waals surface area contributed by atoms with Gasteiger partial charge in [0.1, 0.15) is 6.61 Å². The fraction of sp³-hybridized carbons (Fsp3) is 0.350. The predicted octanol–water partition coefficient (Wildman–Crippen LogP) is 2.79. The molecule has 7 nitrogen and oxygen atoms in total. The van der Waals surface area contributed by atoms with Crippen molar-refractivity contribution in [3.63, 3.8) is 0 Å². The van der Waals surface area contributed by atoms with Gasteiger partial charge in [0.25, 0.3) is 5.56 Å². The molecule has 1 aliphatic carbocycles. The molecule has 0 saturated heterocycles. The van der Waals surface area contributed by atoms with Crippen LogP contribution in [0.5, 0.6) is 0 Å². The molecule has 0 amide bonds. The number of benzene rings is 1. The molecule has 1 aliphatic rings. The van der Waals surface area contributed by atoms with Crippen molar-refractivity contribution in [3.05, 3.63) is 62.5 Å². The van der Waals surface area contributed by atoms with E-state index in [1.54, 1.807) is 16.5 Å². The first kappa shape index (κ1) is 19.8. The van der Waals surface area contributed by atoms with E-state index in [9.17, 15) is 18.0 Å². The average Bonchev–Trinajstić information content (AvgIpc) is 3.11. The monoisotopic (exact) mass is 432 g/mol. The van der Waals surface area contributed by atoms with Gasteiger partial charge in [-0.1, -0.05) is 19.1 Å². The van der Waals surface area contributed by atoms with Crippen LogP contribution >= 0.6 is 11.3 Å². The van der Waals surface area contributed by atoms with Crippen LogP contribution in [0.15, 0.2) is 40.0 Å². The van der Waals surface area contributed by atoms with Crippen LogP contribution in [0, 0.1) is 0 Å². The Morgan fingerprint density at radius 3 is 2.79 bits per heavy atom. The summed E-state index contributed by atoms with van der Waals surface area (Å²) in [5.74, 6) is -0.875. The summed E-state index contributed by atoms with van der Waals surface area (Å²) in [6.07, 6.45) is 3.99. The van der Waals surface area contributed by atoms with Crippen LogP contribution in [0.1, 0.15) is 46.4 Å².